The van der Waals surface area contributed by atoms with Gasteiger partial charge in [0.05, 0.1) is 18.8 Å². The van der Waals surface area contributed by atoms with Crippen molar-refractivity contribution in [3.8, 4) is 5.75 Å². The van der Waals surface area contributed by atoms with Crippen molar-refractivity contribution in [1.82, 2.24) is 19.8 Å². The first-order chi connectivity index (χ1) is 14.6. The van der Waals surface area contributed by atoms with E-state index in [-0.39, 0.29) is 23.9 Å². The normalized spacial score (nSPS) is 15.4. The number of aryl methyl sites for hydroxylation is 1. The lowest BCUT2D eigenvalue weighted by molar-refractivity contribution is -0.122. The Labute approximate surface area is 179 Å². The predicted molar refractivity (Wildman–Crippen MR) is 118 cm³/mol. The van der Waals surface area contributed by atoms with E-state index in [1.807, 2.05) is 23.6 Å². The van der Waals surface area contributed by atoms with Gasteiger partial charge in [-0.15, -0.1) is 11.3 Å². The van der Waals surface area contributed by atoms with Gasteiger partial charge in [-0.2, -0.15) is 0 Å². The first kappa shape index (κ1) is 20.6. The highest BCUT2D eigenvalue weighted by atomic mass is 32.1. The quantitative estimate of drug-likeness (QED) is 0.629. The number of para-hydroxylation sites is 1. The first-order valence-corrected chi connectivity index (χ1v) is 11.1. The van der Waals surface area contributed by atoms with Crippen molar-refractivity contribution < 1.29 is 9.53 Å². The maximum atomic E-state index is 12.4. The van der Waals surface area contributed by atoms with Gasteiger partial charge in [-0.1, -0.05) is 18.2 Å². The molecule has 0 bridgehead atoms. The van der Waals surface area contributed by atoms with Crippen molar-refractivity contribution >= 4 is 27.5 Å². The number of amides is 1. The second kappa shape index (κ2) is 9.40. The molecule has 1 saturated heterocycles. The average Bonchev–Trinajstić information content (AvgIpc) is 3.25. The minimum absolute atomic E-state index is 0.0181. The maximum Gasteiger partial charge on any atom is 0.262 e. The summed E-state index contributed by atoms with van der Waals surface area (Å²) in [7, 11) is 1.70. The number of carbonyl (C=O) groups is 1. The molecule has 0 spiro atoms. The van der Waals surface area contributed by atoms with Gasteiger partial charge < -0.3 is 10.1 Å². The van der Waals surface area contributed by atoms with Gasteiger partial charge in [-0.25, -0.2) is 4.98 Å². The summed E-state index contributed by atoms with van der Waals surface area (Å²) < 4.78 is 6.96. The smallest absolute Gasteiger partial charge is 0.262 e. The molecular weight excluding hydrogens is 400 g/mol. The molecule has 1 amide bonds. The lowest BCUT2D eigenvalue weighted by Crippen LogP contribution is -2.44. The predicted octanol–water partition coefficient (Wildman–Crippen LogP) is 2.64. The van der Waals surface area contributed by atoms with Gasteiger partial charge >= 0.3 is 0 Å². The molecule has 0 saturated carbocycles. The zero-order valence-electron chi connectivity index (χ0n) is 17.0. The van der Waals surface area contributed by atoms with Crippen molar-refractivity contribution in [2.45, 2.75) is 38.4 Å². The van der Waals surface area contributed by atoms with Crippen LogP contribution in [0, 0.1) is 0 Å². The van der Waals surface area contributed by atoms with Crippen LogP contribution < -0.4 is 15.6 Å². The fourth-order valence-electron chi connectivity index (χ4n) is 3.88. The van der Waals surface area contributed by atoms with Crippen molar-refractivity contribution in [2.24, 2.45) is 0 Å². The number of benzene rings is 1. The molecule has 0 atom stereocenters. The number of carbonyl (C=O) groups excluding carboxylic acids is 1. The fourth-order valence-corrected chi connectivity index (χ4v) is 4.61. The number of hydrogen-bond acceptors (Lipinski definition) is 6. The molecule has 30 heavy (non-hydrogen) atoms. The summed E-state index contributed by atoms with van der Waals surface area (Å²) in [5, 5.41) is 5.60. The van der Waals surface area contributed by atoms with Crippen molar-refractivity contribution in [2.75, 3.05) is 20.2 Å². The van der Waals surface area contributed by atoms with E-state index < -0.39 is 0 Å². The van der Waals surface area contributed by atoms with Crippen LogP contribution in [0.3, 0.4) is 0 Å². The van der Waals surface area contributed by atoms with Gasteiger partial charge in [-0.05, 0) is 30.4 Å². The van der Waals surface area contributed by atoms with E-state index in [1.165, 1.54) is 27.8 Å². The van der Waals surface area contributed by atoms with Gasteiger partial charge in [0, 0.05) is 44.2 Å². The van der Waals surface area contributed by atoms with Crippen LogP contribution in [0.25, 0.3) is 10.2 Å². The molecule has 158 valence electrons. The minimum atomic E-state index is -0.0845. The highest BCUT2D eigenvalue weighted by Crippen LogP contribution is 2.21. The molecule has 1 aliphatic rings. The SMILES string of the molecule is COc1ccccc1CN1CCC(NC(=O)CCn2cnc3sccc3c2=O)CC1. The zero-order chi connectivity index (χ0) is 20.9. The molecule has 1 aliphatic heterocycles. The lowest BCUT2D eigenvalue weighted by Gasteiger charge is -2.32. The summed E-state index contributed by atoms with van der Waals surface area (Å²) in [6.45, 7) is 3.06. The molecule has 1 N–H and O–H groups in total. The number of methoxy groups -OCH3 is 1. The number of nitrogens with one attached hydrogen (secondary N) is 1. The van der Waals surface area contributed by atoms with E-state index in [4.69, 9.17) is 4.74 Å². The van der Waals surface area contributed by atoms with E-state index >= 15 is 0 Å². The minimum Gasteiger partial charge on any atom is -0.496 e. The molecular formula is C22H26N4O3S. The number of hydrogen-bond donors (Lipinski definition) is 1. The number of fused-ring (bicyclic) bond motifs is 1. The van der Waals surface area contributed by atoms with Gasteiger partial charge in [0.15, 0.2) is 0 Å². The van der Waals surface area contributed by atoms with E-state index in [2.05, 4.69) is 21.3 Å². The molecule has 8 heteroatoms. The van der Waals surface area contributed by atoms with Crippen LogP contribution >= 0.6 is 11.3 Å². The van der Waals surface area contributed by atoms with E-state index in [9.17, 15) is 9.59 Å². The van der Waals surface area contributed by atoms with Gasteiger partial charge in [0.25, 0.3) is 5.56 Å². The largest absolute Gasteiger partial charge is 0.496 e. The summed E-state index contributed by atoms with van der Waals surface area (Å²) in [6, 6.07) is 10.1. The van der Waals surface area contributed by atoms with Gasteiger partial charge in [0.2, 0.25) is 5.91 Å². The molecule has 0 aliphatic carbocycles. The summed E-state index contributed by atoms with van der Waals surface area (Å²) in [5.74, 6) is 0.897. The Kier molecular flexibility index (Phi) is 6.44. The highest BCUT2D eigenvalue weighted by Gasteiger charge is 2.21. The Morgan fingerprint density at radius 1 is 1.27 bits per heavy atom. The summed E-state index contributed by atoms with van der Waals surface area (Å²) in [5.41, 5.74) is 1.10. The van der Waals surface area contributed by atoms with Crippen LogP contribution in [0.4, 0.5) is 0 Å². The monoisotopic (exact) mass is 426 g/mol. The number of aromatic nitrogens is 2. The topological polar surface area (TPSA) is 76.5 Å². The van der Waals surface area contributed by atoms with Crippen LogP contribution in [0.5, 0.6) is 5.75 Å². The Balaban J connectivity index is 1.24. The number of likely N-dealkylation sites (tertiary alicyclic amines) is 1. The van der Waals surface area contributed by atoms with E-state index in [0.717, 1.165) is 43.1 Å². The molecule has 7 nitrogen and oxygen atoms in total. The van der Waals surface area contributed by atoms with Crippen LogP contribution in [-0.4, -0.2) is 46.6 Å². The van der Waals surface area contributed by atoms with E-state index in [1.54, 1.807) is 13.2 Å². The van der Waals surface area contributed by atoms with Gasteiger partial charge in [-0.3, -0.25) is 19.1 Å². The molecule has 3 heterocycles. The number of thiophene rings is 1. The van der Waals surface area contributed by atoms with Crippen LogP contribution in [0.2, 0.25) is 0 Å². The number of nitrogens with zero attached hydrogens (tertiary/aromatic N) is 3. The summed E-state index contributed by atoms with van der Waals surface area (Å²) in [4.78, 5) is 32.2. The van der Waals surface area contributed by atoms with Crippen molar-refractivity contribution in [3.63, 3.8) is 0 Å². The molecule has 1 aromatic carbocycles. The van der Waals surface area contributed by atoms with Crippen LogP contribution in [-0.2, 0) is 17.9 Å². The fraction of sp³-hybridized carbons (Fsp3) is 0.409. The van der Waals surface area contributed by atoms with Crippen molar-refractivity contribution in [1.29, 1.82) is 0 Å². The Morgan fingerprint density at radius 3 is 2.87 bits per heavy atom. The van der Waals surface area contributed by atoms with Crippen molar-refractivity contribution in [3.05, 3.63) is 58.0 Å². The molecule has 1 fully saturated rings. The maximum absolute atomic E-state index is 12.4. The third kappa shape index (κ3) is 4.71. The van der Waals surface area contributed by atoms with Crippen LogP contribution in [0.1, 0.15) is 24.8 Å². The number of rotatable bonds is 7. The van der Waals surface area contributed by atoms with E-state index in [0.29, 0.717) is 11.9 Å². The third-order valence-electron chi connectivity index (χ3n) is 5.57. The molecule has 4 rings (SSSR count). The Bertz CT molecular complexity index is 1070. The summed E-state index contributed by atoms with van der Waals surface area (Å²) in [6.07, 6.45) is 3.65. The number of ether oxygens (including phenoxy) is 1. The molecule has 0 unspecified atom stereocenters. The number of piperidine rings is 1. The zero-order valence-corrected chi connectivity index (χ0v) is 17.9. The first-order valence-electron chi connectivity index (χ1n) is 10.2. The molecule has 0 radical (unpaired) electrons. The second-order valence-electron chi connectivity index (χ2n) is 7.56. The third-order valence-corrected chi connectivity index (χ3v) is 6.39. The summed E-state index contributed by atoms with van der Waals surface area (Å²) >= 11 is 1.45. The van der Waals surface area contributed by atoms with Crippen LogP contribution in [0.15, 0.2) is 46.8 Å². The second-order valence-corrected chi connectivity index (χ2v) is 8.46. The molecule has 2 aromatic heterocycles. The lowest BCUT2D eigenvalue weighted by atomic mass is 10.0. The Morgan fingerprint density at radius 2 is 2.07 bits per heavy atom. The Hall–Kier alpha value is -2.71. The molecule has 3 aromatic rings. The average molecular weight is 427 g/mol. The van der Waals surface area contributed by atoms with Gasteiger partial charge in [0.1, 0.15) is 10.6 Å². The standard InChI is InChI=1S/C22H26N4O3S/c1-29-19-5-3-2-4-16(19)14-25-10-6-17(7-11-25)24-20(27)8-12-26-15-23-21-18(22(26)28)9-13-30-21/h2-5,9,13,15,17H,6-8,10-12,14H2,1H3,(H,24,27). The highest BCUT2D eigenvalue weighted by molar-refractivity contribution is 7.16.